The number of nitrogens with one attached hydrogen (secondary N) is 2. The Morgan fingerprint density at radius 2 is 2.39 bits per heavy atom. The van der Waals surface area contributed by atoms with Gasteiger partial charge in [-0.2, -0.15) is 0 Å². The van der Waals surface area contributed by atoms with Gasteiger partial charge in [0.25, 0.3) is 0 Å². The van der Waals surface area contributed by atoms with Crippen molar-refractivity contribution in [2.45, 2.75) is 26.2 Å². The fourth-order valence-electron chi connectivity index (χ4n) is 2.29. The van der Waals surface area contributed by atoms with E-state index in [1.807, 2.05) is 12.1 Å². The van der Waals surface area contributed by atoms with Crippen LogP contribution in [0.5, 0.6) is 0 Å². The molecule has 1 aromatic rings. The zero-order valence-corrected chi connectivity index (χ0v) is 12.2. The Balaban J connectivity index is 2.06. The van der Waals surface area contributed by atoms with Crippen LogP contribution in [-0.2, 0) is 11.2 Å². The van der Waals surface area contributed by atoms with Gasteiger partial charge in [-0.15, -0.1) is 0 Å². The van der Waals surface area contributed by atoms with Crippen LogP contribution in [0.25, 0.3) is 0 Å². The van der Waals surface area contributed by atoms with Gasteiger partial charge < -0.3 is 10.6 Å². The standard InChI is InChI=1S/C14H19BrN2O/c1-2-10-8-12(15)5-6-13(10)17-14(18)11-4-3-7-16-9-11/h5-6,8,11,16H,2-4,7,9H2,1H3,(H,17,18). The largest absolute Gasteiger partial charge is 0.326 e. The molecule has 0 saturated carbocycles. The van der Waals surface area contributed by atoms with Gasteiger partial charge in [-0.1, -0.05) is 22.9 Å². The third kappa shape index (κ3) is 3.33. The monoisotopic (exact) mass is 310 g/mol. The highest BCUT2D eigenvalue weighted by atomic mass is 79.9. The third-order valence-electron chi connectivity index (χ3n) is 3.37. The predicted molar refractivity (Wildman–Crippen MR) is 77.7 cm³/mol. The number of carbonyl (C=O) groups excluding carboxylic acids is 1. The van der Waals surface area contributed by atoms with E-state index in [1.165, 1.54) is 5.56 Å². The van der Waals surface area contributed by atoms with E-state index in [9.17, 15) is 4.79 Å². The number of amides is 1. The summed E-state index contributed by atoms with van der Waals surface area (Å²) in [6, 6.07) is 6.00. The fourth-order valence-corrected chi connectivity index (χ4v) is 2.70. The van der Waals surface area contributed by atoms with Gasteiger partial charge in [0.2, 0.25) is 5.91 Å². The second kappa shape index (κ2) is 6.34. The summed E-state index contributed by atoms with van der Waals surface area (Å²) in [5.74, 6) is 0.242. The van der Waals surface area contributed by atoms with Crippen molar-refractivity contribution in [1.82, 2.24) is 5.32 Å². The molecule has 18 heavy (non-hydrogen) atoms. The highest BCUT2D eigenvalue weighted by Crippen LogP contribution is 2.23. The first kappa shape index (κ1) is 13.6. The molecule has 4 heteroatoms. The van der Waals surface area contributed by atoms with Gasteiger partial charge >= 0.3 is 0 Å². The second-order valence-electron chi connectivity index (χ2n) is 4.69. The molecule has 0 radical (unpaired) electrons. The van der Waals surface area contributed by atoms with Gasteiger partial charge in [-0.05, 0) is 49.6 Å². The molecule has 2 rings (SSSR count). The molecule has 1 amide bonds. The Labute approximate surface area is 116 Å². The first-order valence-electron chi connectivity index (χ1n) is 6.50. The van der Waals surface area contributed by atoms with E-state index in [4.69, 9.17) is 0 Å². The summed E-state index contributed by atoms with van der Waals surface area (Å²) in [7, 11) is 0. The average molecular weight is 311 g/mol. The molecule has 0 aliphatic carbocycles. The summed E-state index contributed by atoms with van der Waals surface area (Å²) >= 11 is 3.46. The third-order valence-corrected chi connectivity index (χ3v) is 3.87. The first-order chi connectivity index (χ1) is 8.70. The minimum Gasteiger partial charge on any atom is -0.326 e. The lowest BCUT2D eigenvalue weighted by Gasteiger charge is -2.22. The van der Waals surface area contributed by atoms with E-state index in [2.05, 4.69) is 39.6 Å². The molecule has 1 aliphatic heterocycles. The van der Waals surface area contributed by atoms with Crippen molar-refractivity contribution in [3.8, 4) is 0 Å². The van der Waals surface area contributed by atoms with E-state index >= 15 is 0 Å². The van der Waals surface area contributed by atoms with Crippen LogP contribution in [0.3, 0.4) is 0 Å². The van der Waals surface area contributed by atoms with Crippen LogP contribution in [0.4, 0.5) is 5.69 Å². The highest BCUT2D eigenvalue weighted by Gasteiger charge is 2.21. The molecular formula is C14H19BrN2O. The van der Waals surface area contributed by atoms with Crippen LogP contribution in [0.15, 0.2) is 22.7 Å². The predicted octanol–water partition coefficient (Wildman–Crippen LogP) is 2.95. The van der Waals surface area contributed by atoms with Gasteiger partial charge in [0.05, 0.1) is 5.92 Å². The molecule has 1 heterocycles. The molecule has 98 valence electrons. The number of halogens is 1. The zero-order chi connectivity index (χ0) is 13.0. The van der Waals surface area contributed by atoms with Crippen LogP contribution in [0.1, 0.15) is 25.3 Å². The summed E-state index contributed by atoms with van der Waals surface area (Å²) in [5.41, 5.74) is 2.11. The van der Waals surface area contributed by atoms with Crippen LogP contribution < -0.4 is 10.6 Å². The summed E-state index contributed by atoms with van der Waals surface area (Å²) < 4.78 is 1.05. The minimum absolute atomic E-state index is 0.104. The summed E-state index contributed by atoms with van der Waals surface area (Å²) in [5, 5.41) is 6.33. The molecule has 1 aliphatic rings. The Bertz CT molecular complexity index is 428. The quantitative estimate of drug-likeness (QED) is 0.901. The normalized spacial score (nSPS) is 19.6. The smallest absolute Gasteiger partial charge is 0.228 e. The SMILES string of the molecule is CCc1cc(Br)ccc1NC(=O)C1CCCNC1. The lowest BCUT2D eigenvalue weighted by molar-refractivity contribution is -0.120. The lowest BCUT2D eigenvalue weighted by Crippen LogP contribution is -2.37. The molecule has 1 aromatic carbocycles. The fraction of sp³-hybridized carbons (Fsp3) is 0.500. The van der Waals surface area contributed by atoms with Gasteiger partial charge in [0, 0.05) is 16.7 Å². The molecular weight excluding hydrogens is 292 g/mol. The number of carbonyl (C=O) groups is 1. The van der Waals surface area contributed by atoms with Crippen molar-refractivity contribution in [1.29, 1.82) is 0 Å². The number of hydrogen-bond donors (Lipinski definition) is 2. The number of hydrogen-bond acceptors (Lipinski definition) is 2. The maximum atomic E-state index is 12.2. The number of benzene rings is 1. The maximum absolute atomic E-state index is 12.2. The van der Waals surface area contributed by atoms with E-state index < -0.39 is 0 Å². The number of anilines is 1. The first-order valence-corrected chi connectivity index (χ1v) is 7.30. The minimum atomic E-state index is 0.104. The zero-order valence-electron chi connectivity index (χ0n) is 10.6. The molecule has 3 nitrogen and oxygen atoms in total. The molecule has 1 fully saturated rings. The van der Waals surface area contributed by atoms with Crippen molar-refractivity contribution in [2.24, 2.45) is 5.92 Å². The van der Waals surface area contributed by atoms with Crippen molar-refractivity contribution in [3.05, 3.63) is 28.2 Å². The Kier molecular flexibility index (Phi) is 4.78. The lowest BCUT2D eigenvalue weighted by atomic mass is 9.98. The molecule has 1 atom stereocenters. The molecule has 1 saturated heterocycles. The Morgan fingerprint density at radius 3 is 3.06 bits per heavy atom. The molecule has 0 aromatic heterocycles. The summed E-state index contributed by atoms with van der Waals surface area (Å²) in [4.78, 5) is 12.2. The van der Waals surface area contributed by atoms with Crippen molar-refractivity contribution in [2.75, 3.05) is 18.4 Å². The van der Waals surface area contributed by atoms with Crippen molar-refractivity contribution >= 4 is 27.5 Å². The van der Waals surface area contributed by atoms with E-state index in [0.717, 1.165) is 42.5 Å². The molecule has 0 spiro atoms. The summed E-state index contributed by atoms with van der Waals surface area (Å²) in [6.45, 7) is 3.92. The van der Waals surface area contributed by atoms with Crippen LogP contribution >= 0.6 is 15.9 Å². The van der Waals surface area contributed by atoms with E-state index in [1.54, 1.807) is 0 Å². The van der Waals surface area contributed by atoms with Gasteiger partial charge in [0.15, 0.2) is 0 Å². The topological polar surface area (TPSA) is 41.1 Å². The van der Waals surface area contributed by atoms with Gasteiger partial charge in [-0.3, -0.25) is 4.79 Å². The number of piperidine rings is 1. The maximum Gasteiger partial charge on any atom is 0.228 e. The Morgan fingerprint density at radius 1 is 1.56 bits per heavy atom. The van der Waals surface area contributed by atoms with Crippen LogP contribution in [0, 0.1) is 5.92 Å². The molecule has 2 N–H and O–H groups in total. The number of rotatable bonds is 3. The highest BCUT2D eigenvalue weighted by molar-refractivity contribution is 9.10. The van der Waals surface area contributed by atoms with E-state index in [0.29, 0.717) is 0 Å². The summed E-state index contributed by atoms with van der Waals surface area (Å²) in [6.07, 6.45) is 2.98. The van der Waals surface area contributed by atoms with Crippen molar-refractivity contribution < 1.29 is 4.79 Å². The number of aryl methyl sites for hydroxylation is 1. The molecule has 0 bridgehead atoms. The second-order valence-corrected chi connectivity index (χ2v) is 5.60. The van der Waals surface area contributed by atoms with Gasteiger partial charge in [-0.25, -0.2) is 0 Å². The average Bonchev–Trinajstić information content (AvgIpc) is 2.41. The van der Waals surface area contributed by atoms with Crippen LogP contribution in [0.2, 0.25) is 0 Å². The van der Waals surface area contributed by atoms with E-state index in [-0.39, 0.29) is 11.8 Å². The molecule has 1 unspecified atom stereocenters. The van der Waals surface area contributed by atoms with Crippen molar-refractivity contribution in [3.63, 3.8) is 0 Å². The Hall–Kier alpha value is -0.870. The van der Waals surface area contributed by atoms with Gasteiger partial charge in [0.1, 0.15) is 0 Å². The van der Waals surface area contributed by atoms with Crippen LogP contribution in [-0.4, -0.2) is 19.0 Å².